The standard InChI is InChI=1S/C14H23N3/c1-9-13(8-16-17-9)7-15-10(2)14-6-11-3-4-12(14)5-11/h8,10-12,14-15H,3-7H2,1-2H3,(H,16,17). The van der Waals surface area contributed by atoms with Crippen LogP contribution in [0.25, 0.3) is 0 Å². The maximum Gasteiger partial charge on any atom is 0.0535 e. The summed E-state index contributed by atoms with van der Waals surface area (Å²) in [5.41, 5.74) is 2.50. The molecule has 1 aromatic rings. The van der Waals surface area contributed by atoms with Crippen molar-refractivity contribution < 1.29 is 0 Å². The van der Waals surface area contributed by atoms with Crippen LogP contribution in [0.4, 0.5) is 0 Å². The van der Waals surface area contributed by atoms with Gasteiger partial charge in [-0.25, -0.2) is 0 Å². The van der Waals surface area contributed by atoms with Crippen LogP contribution in [0.15, 0.2) is 6.20 Å². The molecule has 1 heterocycles. The Labute approximate surface area is 103 Å². The first-order chi connectivity index (χ1) is 8.24. The summed E-state index contributed by atoms with van der Waals surface area (Å²) in [6, 6.07) is 0.652. The third-order valence-electron chi connectivity index (χ3n) is 4.98. The molecule has 0 aromatic carbocycles. The Morgan fingerprint density at radius 1 is 1.47 bits per heavy atom. The summed E-state index contributed by atoms with van der Waals surface area (Å²) in [6.45, 7) is 5.41. The first kappa shape index (κ1) is 11.3. The van der Waals surface area contributed by atoms with Crippen LogP contribution in [0.3, 0.4) is 0 Å². The zero-order valence-electron chi connectivity index (χ0n) is 10.9. The van der Waals surface area contributed by atoms with Gasteiger partial charge in [0.25, 0.3) is 0 Å². The Morgan fingerprint density at radius 2 is 2.35 bits per heavy atom. The van der Waals surface area contributed by atoms with E-state index in [0.29, 0.717) is 6.04 Å². The fourth-order valence-electron chi connectivity index (χ4n) is 3.88. The number of hydrogen-bond donors (Lipinski definition) is 2. The topological polar surface area (TPSA) is 40.7 Å². The van der Waals surface area contributed by atoms with E-state index in [1.165, 1.54) is 36.9 Å². The number of H-pyrrole nitrogens is 1. The van der Waals surface area contributed by atoms with Gasteiger partial charge in [-0.05, 0) is 50.9 Å². The number of nitrogens with one attached hydrogen (secondary N) is 2. The lowest BCUT2D eigenvalue weighted by atomic mass is 9.84. The summed E-state index contributed by atoms with van der Waals surface area (Å²) in [7, 11) is 0. The predicted octanol–water partition coefficient (Wildman–Crippen LogP) is 2.63. The molecule has 4 atom stereocenters. The largest absolute Gasteiger partial charge is 0.310 e. The molecule has 3 rings (SSSR count). The third-order valence-corrected chi connectivity index (χ3v) is 4.98. The molecular formula is C14H23N3. The number of aryl methyl sites for hydroxylation is 1. The highest BCUT2D eigenvalue weighted by molar-refractivity contribution is 5.14. The molecule has 0 radical (unpaired) electrons. The van der Waals surface area contributed by atoms with Crippen LogP contribution in [0.2, 0.25) is 0 Å². The van der Waals surface area contributed by atoms with Crippen LogP contribution in [0, 0.1) is 24.7 Å². The van der Waals surface area contributed by atoms with Crippen LogP contribution < -0.4 is 5.32 Å². The van der Waals surface area contributed by atoms with Gasteiger partial charge < -0.3 is 5.32 Å². The molecule has 2 aliphatic carbocycles. The summed E-state index contributed by atoms with van der Waals surface area (Å²) < 4.78 is 0. The molecule has 3 nitrogen and oxygen atoms in total. The fourth-order valence-corrected chi connectivity index (χ4v) is 3.88. The lowest BCUT2D eigenvalue weighted by Crippen LogP contribution is -2.35. The van der Waals surface area contributed by atoms with Gasteiger partial charge in [-0.1, -0.05) is 6.42 Å². The monoisotopic (exact) mass is 233 g/mol. The molecule has 0 saturated heterocycles. The van der Waals surface area contributed by atoms with Gasteiger partial charge in [0.1, 0.15) is 0 Å². The molecule has 2 saturated carbocycles. The first-order valence-corrected chi connectivity index (χ1v) is 6.96. The highest BCUT2D eigenvalue weighted by Crippen LogP contribution is 2.49. The van der Waals surface area contributed by atoms with Crippen molar-refractivity contribution in [2.24, 2.45) is 17.8 Å². The smallest absolute Gasteiger partial charge is 0.0535 e. The van der Waals surface area contributed by atoms with Crippen molar-refractivity contribution in [3.05, 3.63) is 17.5 Å². The highest BCUT2D eigenvalue weighted by Gasteiger charge is 2.41. The van der Waals surface area contributed by atoms with Gasteiger partial charge in [0.15, 0.2) is 0 Å². The van der Waals surface area contributed by atoms with Gasteiger partial charge in [-0.3, -0.25) is 5.10 Å². The fraction of sp³-hybridized carbons (Fsp3) is 0.786. The Morgan fingerprint density at radius 3 is 2.94 bits per heavy atom. The summed E-state index contributed by atoms with van der Waals surface area (Å²) in [5, 5.41) is 10.8. The minimum absolute atomic E-state index is 0.652. The summed E-state index contributed by atoms with van der Waals surface area (Å²) in [4.78, 5) is 0. The van der Waals surface area contributed by atoms with Gasteiger partial charge in [-0.2, -0.15) is 5.10 Å². The van der Waals surface area contributed by atoms with E-state index in [-0.39, 0.29) is 0 Å². The number of nitrogens with zero attached hydrogens (tertiary/aromatic N) is 1. The second-order valence-corrected chi connectivity index (χ2v) is 6.03. The van der Waals surface area contributed by atoms with E-state index in [2.05, 4.69) is 29.4 Å². The molecule has 2 bridgehead atoms. The summed E-state index contributed by atoms with van der Waals surface area (Å²) in [5.74, 6) is 2.97. The summed E-state index contributed by atoms with van der Waals surface area (Å²) in [6.07, 6.45) is 7.88. The van der Waals surface area contributed by atoms with E-state index in [9.17, 15) is 0 Å². The number of hydrogen-bond acceptors (Lipinski definition) is 2. The lowest BCUT2D eigenvalue weighted by molar-refractivity contribution is 0.259. The normalized spacial score (nSPS) is 33.2. The molecule has 1 aromatic heterocycles. The second-order valence-electron chi connectivity index (χ2n) is 6.03. The van der Waals surface area contributed by atoms with Crippen molar-refractivity contribution in [3.8, 4) is 0 Å². The van der Waals surface area contributed by atoms with Crippen LogP contribution in [-0.2, 0) is 6.54 Å². The molecule has 0 aliphatic heterocycles. The van der Waals surface area contributed by atoms with E-state index < -0.39 is 0 Å². The average molecular weight is 233 g/mol. The van der Waals surface area contributed by atoms with E-state index >= 15 is 0 Å². The van der Waals surface area contributed by atoms with E-state index in [1.807, 2.05) is 6.20 Å². The molecule has 4 unspecified atom stereocenters. The van der Waals surface area contributed by atoms with E-state index in [1.54, 1.807) is 0 Å². The number of fused-ring (bicyclic) bond motifs is 2. The zero-order valence-corrected chi connectivity index (χ0v) is 10.9. The molecule has 2 N–H and O–H groups in total. The Hall–Kier alpha value is -0.830. The molecule has 3 heteroatoms. The van der Waals surface area contributed by atoms with E-state index in [4.69, 9.17) is 0 Å². The molecular weight excluding hydrogens is 210 g/mol. The number of aromatic amines is 1. The predicted molar refractivity (Wildman–Crippen MR) is 68.6 cm³/mol. The summed E-state index contributed by atoms with van der Waals surface area (Å²) >= 11 is 0. The molecule has 94 valence electrons. The maximum atomic E-state index is 4.07. The van der Waals surface area contributed by atoms with Crippen molar-refractivity contribution in [1.82, 2.24) is 15.5 Å². The SMILES string of the molecule is Cc1[nH]ncc1CNC(C)C1CC2CCC1C2. The maximum absolute atomic E-state index is 4.07. The van der Waals surface area contributed by atoms with Gasteiger partial charge in [-0.15, -0.1) is 0 Å². The molecule has 2 aliphatic rings. The third kappa shape index (κ3) is 2.13. The van der Waals surface area contributed by atoms with Crippen LogP contribution in [0.5, 0.6) is 0 Å². The Kier molecular flexibility index (Phi) is 2.95. The minimum atomic E-state index is 0.652. The van der Waals surface area contributed by atoms with Crippen molar-refractivity contribution in [3.63, 3.8) is 0 Å². The van der Waals surface area contributed by atoms with Crippen molar-refractivity contribution >= 4 is 0 Å². The van der Waals surface area contributed by atoms with Gasteiger partial charge in [0.05, 0.1) is 6.20 Å². The second kappa shape index (κ2) is 4.45. The Balaban J connectivity index is 1.54. The quantitative estimate of drug-likeness (QED) is 0.839. The number of rotatable bonds is 4. The van der Waals surface area contributed by atoms with Gasteiger partial charge in [0.2, 0.25) is 0 Å². The van der Waals surface area contributed by atoms with Crippen molar-refractivity contribution in [2.45, 2.75) is 52.1 Å². The average Bonchev–Trinajstić information content (AvgIpc) is 3.01. The minimum Gasteiger partial charge on any atom is -0.310 e. The number of aromatic nitrogens is 2. The van der Waals surface area contributed by atoms with Gasteiger partial charge >= 0.3 is 0 Å². The zero-order chi connectivity index (χ0) is 11.8. The van der Waals surface area contributed by atoms with Crippen molar-refractivity contribution in [1.29, 1.82) is 0 Å². The Bertz CT molecular complexity index is 385. The van der Waals surface area contributed by atoms with Crippen LogP contribution in [0.1, 0.15) is 43.9 Å². The van der Waals surface area contributed by atoms with Crippen LogP contribution in [-0.4, -0.2) is 16.2 Å². The van der Waals surface area contributed by atoms with Gasteiger partial charge in [0, 0.05) is 23.8 Å². The van der Waals surface area contributed by atoms with E-state index in [0.717, 1.165) is 24.3 Å². The lowest BCUT2D eigenvalue weighted by Gasteiger charge is -2.28. The van der Waals surface area contributed by atoms with Crippen LogP contribution >= 0.6 is 0 Å². The molecule has 0 amide bonds. The molecule has 2 fully saturated rings. The first-order valence-electron chi connectivity index (χ1n) is 6.96. The van der Waals surface area contributed by atoms with Crippen molar-refractivity contribution in [2.75, 3.05) is 0 Å². The molecule has 0 spiro atoms. The highest BCUT2D eigenvalue weighted by atomic mass is 15.1. The molecule has 17 heavy (non-hydrogen) atoms.